The molecule has 0 spiro atoms. The number of amides is 1. The van der Waals surface area contributed by atoms with Crippen LogP contribution in [0.4, 0.5) is 5.13 Å². The van der Waals surface area contributed by atoms with Crippen molar-refractivity contribution in [3.8, 4) is 0 Å². The SMILES string of the molecule is Nc1nc2cccc(C(=O)N3[C@@H]4CC[C@H]3[C@](CO)(Cc3ccccc3)C4)c2s1. The number of anilines is 1. The molecular formula is C22H23N3O2S. The van der Waals surface area contributed by atoms with Crippen LogP contribution in [-0.2, 0) is 6.42 Å². The van der Waals surface area contributed by atoms with Crippen molar-refractivity contribution in [1.82, 2.24) is 9.88 Å². The molecule has 2 aliphatic heterocycles. The van der Waals surface area contributed by atoms with Crippen LogP contribution in [0.25, 0.3) is 10.2 Å². The van der Waals surface area contributed by atoms with Crippen molar-refractivity contribution in [2.75, 3.05) is 12.3 Å². The number of rotatable bonds is 4. The van der Waals surface area contributed by atoms with Crippen LogP contribution in [0.2, 0.25) is 0 Å². The summed E-state index contributed by atoms with van der Waals surface area (Å²) in [6.07, 6.45) is 3.61. The molecule has 2 bridgehead atoms. The third-order valence-electron chi connectivity index (χ3n) is 6.46. The van der Waals surface area contributed by atoms with Crippen LogP contribution in [0, 0.1) is 5.41 Å². The first-order valence-corrected chi connectivity index (χ1v) is 10.6. The molecule has 2 saturated heterocycles. The Morgan fingerprint density at radius 2 is 2.04 bits per heavy atom. The third kappa shape index (κ3) is 2.63. The van der Waals surface area contributed by atoms with Crippen molar-refractivity contribution < 1.29 is 9.90 Å². The van der Waals surface area contributed by atoms with Crippen LogP contribution in [0.3, 0.4) is 0 Å². The number of benzene rings is 2. The summed E-state index contributed by atoms with van der Waals surface area (Å²) < 4.78 is 0.856. The van der Waals surface area contributed by atoms with E-state index in [1.165, 1.54) is 16.9 Å². The third-order valence-corrected chi connectivity index (χ3v) is 7.40. The van der Waals surface area contributed by atoms with Gasteiger partial charge in [-0.3, -0.25) is 4.79 Å². The number of fused-ring (bicyclic) bond motifs is 3. The molecule has 2 fully saturated rings. The maximum atomic E-state index is 13.6. The van der Waals surface area contributed by atoms with Crippen LogP contribution < -0.4 is 5.73 Å². The van der Waals surface area contributed by atoms with Gasteiger partial charge >= 0.3 is 0 Å². The van der Waals surface area contributed by atoms with E-state index in [0.29, 0.717) is 10.7 Å². The minimum atomic E-state index is -0.263. The van der Waals surface area contributed by atoms with E-state index < -0.39 is 0 Å². The fraction of sp³-hybridized carbons (Fsp3) is 0.364. The van der Waals surface area contributed by atoms with Crippen molar-refractivity contribution in [3.05, 3.63) is 59.7 Å². The van der Waals surface area contributed by atoms with E-state index in [9.17, 15) is 9.90 Å². The number of aliphatic hydroxyl groups excluding tert-OH is 1. The van der Waals surface area contributed by atoms with E-state index in [4.69, 9.17) is 5.73 Å². The highest BCUT2D eigenvalue weighted by Crippen LogP contribution is 2.52. The molecule has 3 N–H and O–H groups in total. The van der Waals surface area contributed by atoms with Crippen molar-refractivity contribution in [1.29, 1.82) is 0 Å². The molecule has 3 aromatic rings. The lowest BCUT2D eigenvalue weighted by Crippen LogP contribution is -2.44. The zero-order chi connectivity index (χ0) is 19.3. The topological polar surface area (TPSA) is 79.5 Å². The van der Waals surface area contributed by atoms with Gasteiger partial charge in [0.2, 0.25) is 0 Å². The number of nitrogen functional groups attached to an aromatic ring is 1. The maximum absolute atomic E-state index is 13.6. The van der Waals surface area contributed by atoms with Gasteiger partial charge in [0.25, 0.3) is 5.91 Å². The average Bonchev–Trinajstić information content (AvgIpc) is 3.38. The van der Waals surface area contributed by atoms with Gasteiger partial charge in [0, 0.05) is 17.5 Å². The van der Waals surface area contributed by atoms with Gasteiger partial charge in [0.1, 0.15) is 0 Å². The highest BCUT2D eigenvalue weighted by Gasteiger charge is 2.57. The Kier molecular flexibility index (Phi) is 4.14. The van der Waals surface area contributed by atoms with Gasteiger partial charge in [0.05, 0.1) is 22.4 Å². The summed E-state index contributed by atoms with van der Waals surface area (Å²) >= 11 is 1.37. The summed E-state index contributed by atoms with van der Waals surface area (Å²) in [6.45, 7) is 0.102. The van der Waals surface area contributed by atoms with Gasteiger partial charge in [-0.05, 0) is 43.4 Å². The standard InChI is InChI=1S/C22H23N3O2S/c23-21-24-17-8-4-7-16(19(17)28-21)20(27)25-15-9-10-18(25)22(12-15,13-26)11-14-5-2-1-3-6-14/h1-8,15,18,26H,9-13H2,(H2,23,24)/t15-,18+,22-/m1/s1. The Morgan fingerprint density at radius 3 is 2.82 bits per heavy atom. The van der Waals surface area contributed by atoms with E-state index in [1.807, 2.05) is 41.3 Å². The number of nitrogens with zero attached hydrogens (tertiary/aromatic N) is 2. The smallest absolute Gasteiger partial charge is 0.255 e. The first kappa shape index (κ1) is 17.6. The van der Waals surface area contributed by atoms with Crippen LogP contribution in [0.1, 0.15) is 35.2 Å². The summed E-state index contributed by atoms with van der Waals surface area (Å²) in [4.78, 5) is 19.9. The zero-order valence-corrected chi connectivity index (χ0v) is 16.4. The number of hydrogen-bond acceptors (Lipinski definition) is 5. The zero-order valence-electron chi connectivity index (χ0n) is 15.5. The number of nitrogens with two attached hydrogens (primary N) is 1. The monoisotopic (exact) mass is 393 g/mol. The second kappa shape index (κ2) is 6.57. The number of thiazole rings is 1. The Hall–Kier alpha value is -2.44. The normalized spacial score (nSPS) is 26.2. The molecule has 144 valence electrons. The second-order valence-corrected chi connectivity index (χ2v) is 9.08. The molecule has 0 aliphatic carbocycles. The van der Waals surface area contributed by atoms with Gasteiger partial charge in [0.15, 0.2) is 5.13 Å². The number of carbonyl (C=O) groups is 1. The molecule has 3 atom stereocenters. The molecule has 5 rings (SSSR count). The van der Waals surface area contributed by atoms with Crippen LogP contribution in [0.15, 0.2) is 48.5 Å². The number of carbonyl (C=O) groups excluding carboxylic acids is 1. The van der Waals surface area contributed by atoms with E-state index in [-0.39, 0.29) is 30.0 Å². The molecule has 0 unspecified atom stereocenters. The van der Waals surface area contributed by atoms with Gasteiger partial charge in [-0.15, -0.1) is 0 Å². The number of aliphatic hydroxyl groups is 1. The summed E-state index contributed by atoms with van der Waals surface area (Å²) in [5, 5.41) is 10.9. The van der Waals surface area contributed by atoms with Crippen molar-refractivity contribution >= 4 is 32.6 Å². The van der Waals surface area contributed by atoms with Crippen LogP contribution >= 0.6 is 11.3 Å². The summed E-state index contributed by atoms with van der Waals surface area (Å²) in [7, 11) is 0. The largest absolute Gasteiger partial charge is 0.396 e. The fourth-order valence-corrected chi connectivity index (χ4v) is 6.13. The van der Waals surface area contributed by atoms with Crippen molar-refractivity contribution in [2.45, 2.75) is 37.8 Å². The summed E-state index contributed by atoms with van der Waals surface area (Å²) in [5.74, 6) is 0.0464. The Labute approximate surface area is 167 Å². The first-order valence-electron chi connectivity index (χ1n) is 9.74. The first-order chi connectivity index (χ1) is 13.6. The van der Waals surface area contributed by atoms with Gasteiger partial charge < -0.3 is 15.7 Å². The molecule has 28 heavy (non-hydrogen) atoms. The van der Waals surface area contributed by atoms with E-state index in [0.717, 1.165) is 35.9 Å². The lowest BCUT2D eigenvalue weighted by Gasteiger charge is -2.36. The van der Waals surface area contributed by atoms with Crippen LogP contribution in [0.5, 0.6) is 0 Å². The minimum Gasteiger partial charge on any atom is -0.396 e. The second-order valence-electron chi connectivity index (χ2n) is 8.05. The van der Waals surface area contributed by atoms with Crippen molar-refractivity contribution in [3.63, 3.8) is 0 Å². The Balaban J connectivity index is 1.50. The van der Waals surface area contributed by atoms with E-state index in [1.54, 1.807) is 0 Å². The van der Waals surface area contributed by atoms with Crippen molar-refractivity contribution in [2.24, 2.45) is 5.41 Å². The molecule has 2 aromatic carbocycles. The molecule has 6 heteroatoms. The van der Waals surface area contributed by atoms with Gasteiger partial charge in [-0.2, -0.15) is 0 Å². The van der Waals surface area contributed by atoms with Crippen LogP contribution in [-0.4, -0.2) is 39.6 Å². The molecule has 0 saturated carbocycles. The molecule has 0 radical (unpaired) electrons. The molecule has 1 aromatic heterocycles. The number of hydrogen-bond donors (Lipinski definition) is 2. The molecular weight excluding hydrogens is 370 g/mol. The molecule has 3 heterocycles. The maximum Gasteiger partial charge on any atom is 0.255 e. The molecule has 5 nitrogen and oxygen atoms in total. The lowest BCUT2D eigenvalue weighted by molar-refractivity contribution is 0.0573. The Bertz CT molecular complexity index is 1030. The molecule has 1 amide bonds. The highest BCUT2D eigenvalue weighted by molar-refractivity contribution is 7.22. The predicted molar refractivity (Wildman–Crippen MR) is 111 cm³/mol. The van der Waals surface area contributed by atoms with E-state index >= 15 is 0 Å². The summed E-state index contributed by atoms with van der Waals surface area (Å²) in [6, 6.07) is 16.2. The number of aromatic nitrogens is 1. The van der Waals surface area contributed by atoms with Gasteiger partial charge in [-0.25, -0.2) is 4.98 Å². The molecule has 2 aliphatic rings. The Morgan fingerprint density at radius 1 is 1.21 bits per heavy atom. The quantitative estimate of drug-likeness (QED) is 0.711. The minimum absolute atomic E-state index is 0.0464. The van der Waals surface area contributed by atoms with E-state index in [2.05, 4.69) is 17.1 Å². The van der Waals surface area contributed by atoms with Gasteiger partial charge in [-0.1, -0.05) is 47.7 Å². The highest BCUT2D eigenvalue weighted by atomic mass is 32.1. The lowest BCUT2D eigenvalue weighted by atomic mass is 9.70. The fourth-order valence-electron chi connectivity index (χ4n) is 5.29. The predicted octanol–water partition coefficient (Wildman–Crippen LogP) is 3.48. The summed E-state index contributed by atoms with van der Waals surface area (Å²) in [5.41, 5.74) is 8.29. The average molecular weight is 394 g/mol.